The SMILES string of the molecule is COc1ccc(-c2ccc(C)cc2N)cc1. The fourth-order valence-corrected chi connectivity index (χ4v) is 1.72. The Hall–Kier alpha value is -1.96. The lowest BCUT2D eigenvalue weighted by atomic mass is 10.0. The van der Waals surface area contributed by atoms with Gasteiger partial charge in [-0.25, -0.2) is 0 Å². The number of ether oxygens (including phenoxy) is 1. The first kappa shape index (κ1) is 10.6. The molecule has 2 aromatic carbocycles. The van der Waals surface area contributed by atoms with Gasteiger partial charge < -0.3 is 10.5 Å². The molecule has 0 atom stereocenters. The second-order valence-electron chi connectivity index (χ2n) is 3.82. The van der Waals surface area contributed by atoms with E-state index in [1.807, 2.05) is 43.3 Å². The molecule has 0 heterocycles. The highest BCUT2D eigenvalue weighted by molar-refractivity contribution is 5.76. The predicted octanol–water partition coefficient (Wildman–Crippen LogP) is 3.25. The van der Waals surface area contributed by atoms with Crippen molar-refractivity contribution in [2.24, 2.45) is 0 Å². The lowest BCUT2D eigenvalue weighted by Gasteiger charge is -2.07. The lowest BCUT2D eigenvalue weighted by molar-refractivity contribution is 0.415. The molecule has 2 rings (SSSR count). The van der Waals surface area contributed by atoms with Gasteiger partial charge in [-0.3, -0.25) is 0 Å². The minimum Gasteiger partial charge on any atom is -0.497 e. The minimum atomic E-state index is 0.810. The third kappa shape index (κ3) is 2.01. The van der Waals surface area contributed by atoms with Crippen LogP contribution in [0.3, 0.4) is 0 Å². The van der Waals surface area contributed by atoms with Crippen molar-refractivity contribution in [2.45, 2.75) is 6.92 Å². The average molecular weight is 213 g/mol. The topological polar surface area (TPSA) is 35.2 Å². The van der Waals surface area contributed by atoms with E-state index in [1.165, 1.54) is 5.56 Å². The van der Waals surface area contributed by atoms with Crippen molar-refractivity contribution in [3.63, 3.8) is 0 Å². The number of nitrogen functional groups attached to an aromatic ring is 1. The van der Waals surface area contributed by atoms with Crippen molar-refractivity contribution in [1.29, 1.82) is 0 Å². The molecular weight excluding hydrogens is 198 g/mol. The zero-order chi connectivity index (χ0) is 11.5. The molecule has 16 heavy (non-hydrogen) atoms. The highest BCUT2D eigenvalue weighted by Crippen LogP contribution is 2.27. The van der Waals surface area contributed by atoms with E-state index in [0.29, 0.717) is 0 Å². The molecule has 2 heteroatoms. The van der Waals surface area contributed by atoms with Crippen molar-refractivity contribution in [3.8, 4) is 16.9 Å². The maximum absolute atomic E-state index is 5.99. The fourth-order valence-electron chi connectivity index (χ4n) is 1.72. The number of methoxy groups -OCH3 is 1. The van der Waals surface area contributed by atoms with Crippen LogP contribution in [0.2, 0.25) is 0 Å². The van der Waals surface area contributed by atoms with Gasteiger partial charge in [0.2, 0.25) is 0 Å². The van der Waals surface area contributed by atoms with Crippen molar-refractivity contribution in [3.05, 3.63) is 48.0 Å². The van der Waals surface area contributed by atoms with E-state index in [4.69, 9.17) is 10.5 Å². The molecule has 2 nitrogen and oxygen atoms in total. The van der Waals surface area contributed by atoms with Crippen molar-refractivity contribution in [2.75, 3.05) is 12.8 Å². The Morgan fingerprint density at radius 2 is 1.69 bits per heavy atom. The number of aryl methyl sites for hydroxylation is 1. The monoisotopic (exact) mass is 213 g/mol. The van der Waals surface area contributed by atoms with Gasteiger partial charge in [-0.1, -0.05) is 24.3 Å². The Morgan fingerprint density at radius 1 is 1.00 bits per heavy atom. The molecule has 0 unspecified atom stereocenters. The Balaban J connectivity index is 2.42. The molecule has 0 saturated carbocycles. The Labute approximate surface area is 95.7 Å². The number of nitrogens with two attached hydrogens (primary N) is 1. The summed E-state index contributed by atoms with van der Waals surface area (Å²) in [6.45, 7) is 2.04. The zero-order valence-corrected chi connectivity index (χ0v) is 9.53. The van der Waals surface area contributed by atoms with Gasteiger partial charge in [-0.05, 0) is 36.2 Å². The van der Waals surface area contributed by atoms with Gasteiger partial charge in [0, 0.05) is 11.3 Å². The first-order chi connectivity index (χ1) is 7.70. The van der Waals surface area contributed by atoms with Gasteiger partial charge in [0.15, 0.2) is 0 Å². The first-order valence-electron chi connectivity index (χ1n) is 5.21. The second-order valence-corrected chi connectivity index (χ2v) is 3.82. The standard InChI is InChI=1S/C14H15NO/c1-10-3-8-13(14(15)9-10)11-4-6-12(16-2)7-5-11/h3-9H,15H2,1-2H3. The Morgan fingerprint density at radius 3 is 2.25 bits per heavy atom. The maximum Gasteiger partial charge on any atom is 0.118 e. The molecule has 0 saturated heterocycles. The van der Waals surface area contributed by atoms with Crippen LogP contribution < -0.4 is 10.5 Å². The number of rotatable bonds is 2. The number of anilines is 1. The molecule has 0 aromatic heterocycles. The largest absolute Gasteiger partial charge is 0.497 e. The van der Waals surface area contributed by atoms with Gasteiger partial charge in [-0.2, -0.15) is 0 Å². The van der Waals surface area contributed by atoms with Crippen molar-refractivity contribution in [1.82, 2.24) is 0 Å². The van der Waals surface area contributed by atoms with E-state index in [2.05, 4.69) is 6.07 Å². The van der Waals surface area contributed by atoms with E-state index < -0.39 is 0 Å². The van der Waals surface area contributed by atoms with Crippen LogP contribution in [0.1, 0.15) is 5.56 Å². The van der Waals surface area contributed by atoms with E-state index in [0.717, 1.165) is 22.6 Å². The van der Waals surface area contributed by atoms with Crippen molar-refractivity contribution >= 4 is 5.69 Å². The molecule has 2 N–H and O–H groups in total. The molecule has 0 radical (unpaired) electrons. The molecule has 0 aliphatic heterocycles. The van der Waals surface area contributed by atoms with Crippen LogP contribution in [0, 0.1) is 6.92 Å². The zero-order valence-electron chi connectivity index (χ0n) is 9.53. The van der Waals surface area contributed by atoms with Crippen LogP contribution in [0.4, 0.5) is 5.69 Å². The predicted molar refractivity (Wildman–Crippen MR) is 67.6 cm³/mol. The minimum absolute atomic E-state index is 0.810. The van der Waals surface area contributed by atoms with Crippen LogP contribution in [0.25, 0.3) is 11.1 Å². The molecule has 2 aromatic rings. The summed E-state index contributed by atoms with van der Waals surface area (Å²) in [7, 11) is 1.66. The summed E-state index contributed by atoms with van der Waals surface area (Å²) in [6.07, 6.45) is 0. The maximum atomic E-state index is 5.99. The summed E-state index contributed by atoms with van der Waals surface area (Å²) in [4.78, 5) is 0. The van der Waals surface area contributed by atoms with Gasteiger partial charge >= 0.3 is 0 Å². The molecule has 0 fully saturated rings. The van der Waals surface area contributed by atoms with Crippen LogP contribution in [-0.4, -0.2) is 7.11 Å². The quantitative estimate of drug-likeness (QED) is 0.777. The van der Waals surface area contributed by atoms with E-state index in [1.54, 1.807) is 7.11 Å². The van der Waals surface area contributed by atoms with Gasteiger partial charge in [-0.15, -0.1) is 0 Å². The van der Waals surface area contributed by atoms with Gasteiger partial charge in [0.25, 0.3) is 0 Å². The van der Waals surface area contributed by atoms with E-state index in [-0.39, 0.29) is 0 Å². The van der Waals surface area contributed by atoms with Crippen LogP contribution in [-0.2, 0) is 0 Å². The fraction of sp³-hybridized carbons (Fsp3) is 0.143. The first-order valence-corrected chi connectivity index (χ1v) is 5.21. The number of benzene rings is 2. The third-order valence-electron chi connectivity index (χ3n) is 2.61. The Kier molecular flexibility index (Phi) is 2.82. The molecule has 82 valence electrons. The smallest absolute Gasteiger partial charge is 0.118 e. The highest BCUT2D eigenvalue weighted by Gasteiger charge is 2.02. The molecule has 0 aliphatic rings. The summed E-state index contributed by atoms with van der Waals surface area (Å²) >= 11 is 0. The molecule has 0 bridgehead atoms. The molecule has 0 amide bonds. The van der Waals surface area contributed by atoms with Gasteiger partial charge in [0.05, 0.1) is 7.11 Å². The summed E-state index contributed by atoms with van der Waals surface area (Å²) < 4.78 is 5.12. The summed E-state index contributed by atoms with van der Waals surface area (Å²) in [5.74, 6) is 0.856. The highest BCUT2D eigenvalue weighted by atomic mass is 16.5. The molecule has 0 spiro atoms. The van der Waals surface area contributed by atoms with E-state index in [9.17, 15) is 0 Å². The van der Waals surface area contributed by atoms with Crippen LogP contribution in [0.5, 0.6) is 5.75 Å². The Bertz CT molecular complexity index is 489. The summed E-state index contributed by atoms with van der Waals surface area (Å²) in [6, 6.07) is 14.0. The normalized spacial score (nSPS) is 10.1. The number of hydrogen-bond acceptors (Lipinski definition) is 2. The number of hydrogen-bond donors (Lipinski definition) is 1. The third-order valence-corrected chi connectivity index (χ3v) is 2.61. The molecule has 0 aliphatic carbocycles. The molecular formula is C14H15NO. The van der Waals surface area contributed by atoms with Crippen molar-refractivity contribution < 1.29 is 4.74 Å². The van der Waals surface area contributed by atoms with E-state index >= 15 is 0 Å². The van der Waals surface area contributed by atoms with Crippen LogP contribution in [0.15, 0.2) is 42.5 Å². The second kappa shape index (κ2) is 4.27. The van der Waals surface area contributed by atoms with Gasteiger partial charge in [0.1, 0.15) is 5.75 Å². The summed E-state index contributed by atoms with van der Waals surface area (Å²) in [5, 5.41) is 0. The lowest BCUT2D eigenvalue weighted by Crippen LogP contribution is -1.91. The average Bonchev–Trinajstić information content (AvgIpc) is 2.29. The summed E-state index contributed by atoms with van der Waals surface area (Å²) in [5.41, 5.74) is 10.2. The van der Waals surface area contributed by atoms with Crippen LogP contribution >= 0.6 is 0 Å².